The smallest absolute Gasteiger partial charge is 0.274 e. The number of amides is 2. The Hall–Kier alpha value is -2.58. The Kier molecular flexibility index (Phi) is 6.29. The van der Waals surface area contributed by atoms with E-state index in [9.17, 15) is 14.0 Å². The van der Waals surface area contributed by atoms with E-state index in [2.05, 4.69) is 21.2 Å². The van der Waals surface area contributed by atoms with Crippen LogP contribution in [0, 0.1) is 5.82 Å². The fourth-order valence-electron chi connectivity index (χ4n) is 4.18. The number of hydrogen-bond donors (Lipinski definition) is 1. The summed E-state index contributed by atoms with van der Waals surface area (Å²) >= 11 is 4.93. The van der Waals surface area contributed by atoms with Crippen molar-refractivity contribution in [2.24, 2.45) is 0 Å². The number of aromatic nitrogens is 1. The number of rotatable bonds is 6. The molecule has 2 fully saturated rings. The van der Waals surface area contributed by atoms with E-state index in [0.29, 0.717) is 30.3 Å². The zero-order valence-corrected chi connectivity index (χ0v) is 20.3. The van der Waals surface area contributed by atoms with Crippen LogP contribution in [0.25, 0.3) is 10.4 Å². The third-order valence-electron chi connectivity index (χ3n) is 6.10. The van der Waals surface area contributed by atoms with E-state index in [1.54, 1.807) is 24.3 Å². The number of nitrogens with zero attached hydrogens (tertiary/aromatic N) is 2. The molecule has 2 heterocycles. The second kappa shape index (κ2) is 9.35. The molecule has 5 rings (SSSR count). The van der Waals surface area contributed by atoms with E-state index in [4.69, 9.17) is 4.98 Å². The molecule has 3 aromatic rings. The van der Waals surface area contributed by atoms with Gasteiger partial charge in [0.1, 0.15) is 11.5 Å². The minimum absolute atomic E-state index is 0.0826. The molecule has 1 N–H and O–H groups in total. The number of carbonyl (C=O) groups excluding carboxylic acids is 2. The molecule has 0 radical (unpaired) electrons. The lowest BCUT2D eigenvalue weighted by atomic mass is 10.1. The first-order valence-electron chi connectivity index (χ1n) is 11.1. The summed E-state index contributed by atoms with van der Waals surface area (Å²) in [5.41, 5.74) is 1.83. The van der Waals surface area contributed by atoms with Crippen molar-refractivity contribution in [3.8, 4) is 10.4 Å². The molecule has 1 atom stereocenters. The molecule has 5 nitrogen and oxygen atoms in total. The third kappa shape index (κ3) is 4.87. The van der Waals surface area contributed by atoms with Gasteiger partial charge in [0, 0.05) is 35.1 Å². The summed E-state index contributed by atoms with van der Waals surface area (Å²) in [5.74, 6) is -0.155. The van der Waals surface area contributed by atoms with Crippen LogP contribution in [0.3, 0.4) is 0 Å². The van der Waals surface area contributed by atoms with Gasteiger partial charge in [0.2, 0.25) is 0 Å². The number of thiazole rings is 1. The van der Waals surface area contributed by atoms with Crippen molar-refractivity contribution in [1.82, 2.24) is 15.2 Å². The molecular formula is C25H23BrFN3O2S. The molecule has 0 spiro atoms. The monoisotopic (exact) mass is 527 g/mol. The van der Waals surface area contributed by atoms with Crippen LogP contribution in [0.1, 0.15) is 57.5 Å². The SMILES string of the molecule is O=C(NCC1CCCN1C(=O)c1nc(C2CC2)sc1-c1ccc(F)cc1)c1cccc(Br)c1. The summed E-state index contributed by atoms with van der Waals surface area (Å²) in [6.45, 7) is 1.03. The lowest BCUT2D eigenvalue weighted by Gasteiger charge is -2.24. The van der Waals surface area contributed by atoms with Crippen LogP contribution in [0.2, 0.25) is 0 Å². The van der Waals surface area contributed by atoms with E-state index < -0.39 is 0 Å². The highest BCUT2D eigenvalue weighted by molar-refractivity contribution is 9.10. The van der Waals surface area contributed by atoms with Gasteiger partial charge in [-0.25, -0.2) is 9.37 Å². The Morgan fingerprint density at radius 2 is 1.94 bits per heavy atom. The maximum atomic E-state index is 13.6. The van der Waals surface area contributed by atoms with Crippen molar-refractivity contribution >= 4 is 39.1 Å². The molecule has 1 aromatic heterocycles. The average Bonchev–Trinajstić information content (AvgIpc) is 3.39. The van der Waals surface area contributed by atoms with Crippen LogP contribution >= 0.6 is 27.3 Å². The van der Waals surface area contributed by atoms with E-state index >= 15 is 0 Å². The van der Waals surface area contributed by atoms with Gasteiger partial charge in [0.25, 0.3) is 11.8 Å². The zero-order valence-electron chi connectivity index (χ0n) is 17.9. The van der Waals surface area contributed by atoms with Crippen molar-refractivity contribution < 1.29 is 14.0 Å². The number of nitrogens with one attached hydrogen (secondary N) is 1. The quantitative estimate of drug-likeness (QED) is 0.452. The number of hydrogen-bond acceptors (Lipinski definition) is 4. The second-order valence-electron chi connectivity index (χ2n) is 8.53. The Morgan fingerprint density at radius 3 is 2.67 bits per heavy atom. The Bertz CT molecular complexity index is 1190. The van der Waals surface area contributed by atoms with Gasteiger partial charge < -0.3 is 10.2 Å². The van der Waals surface area contributed by atoms with Gasteiger partial charge in [-0.15, -0.1) is 11.3 Å². The Morgan fingerprint density at radius 1 is 1.15 bits per heavy atom. The Balaban J connectivity index is 1.35. The summed E-state index contributed by atoms with van der Waals surface area (Å²) in [4.78, 5) is 33.6. The van der Waals surface area contributed by atoms with E-state index in [0.717, 1.165) is 45.6 Å². The number of likely N-dealkylation sites (tertiary alicyclic amines) is 1. The largest absolute Gasteiger partial charge is 0.350 e. The van der Waals surface area contributed by atoms with Gasteiger partial charge in [-0.3, -0.25) is 9.59 Å². The first-order chi connectivity index (χ1) is 16.0. The first-order valence-corrected chi connectivity index (χ1v) is 12.7. The van der Waals surface area contributed by atoms with Gasteiger partial charge in [-0.1, -0.05) is 34.1 Å². The van der Waals surface area contributed by atoms with Crippen LogP contribution in [0.5, 0.6) is 0 Å². The van der Waals surface area contributed by atoms with Gasteiger partial charge in [0.15, 0.2) is 0 Å². The minimum Gasteiger partial charge on any atom is -0.350 e. The summed E-state index contributed by atoms with van der Waals surface area (Å²) in [7, 11) is 0. The van der Waals surface area contributed by atoms with Gasteiger partial charge in [0.05, 0.1) is 9.88 Å². The molecule has 1 aliphatic heterocycles. The van der Waals surface area contributed by atoms with Crippen molar-refractivity contribution in [3.05, 3.63) is 75.1 Å². The van der Waals surface area contributed by atoms with E-state index in [1.807, 2.05) is 17.0 Å². The van der Waals surface area contributed by atoms with Crippen LogP contribution in [0.15, 0.2) is 53.0 Å². The van der Waals surface area contributed by atoms with Crippen molar-refractivity contribution in [2.45, 2.75) is 37.6 Å². The van der Waals surface area contributed by atoms with E-state index in [-0.39, 0.29) is 23.7 Å². The number of halogens is 2. The molecule has 0 bridgehead atoms. The van der Waals surface area contributed by atoms with Gasteiger partial charge in [-0.2, -0.15) is 0 Å². The number of carbonyl (C=O) groups is 2. The van der Waals surface area contributed by atoms with Gasteiger partial charge in [-0.05, 0) is 61.6 Å². The summed E-state index contributed by atoms with van der Waals surface area (Å²) < 4.78 is 14.3. The summed E-state index contributed by atoms with van der Waals surface area (Å²) in [6, 6.07) is 13.4. The van der Waals surface area contributed by atoms with Crippen molar-refractivity contribution in [1.29, 1.82) is 0 Å². The fourth-order valence-corrected chi connectivity index (χ4v) is 5.81. The standard InChI is InChI=1S/C25H23BrFN3O2S/c26-18-4-1-3-17(13-18)23(31)28-14-20-5-2-12-30(20)25(32)21-22(15-8-10-19(27)11-9-15)33-24(29-21)16-6-7-16/h1,3-4,8-11,13,16,20H,2,5-7,12,14H2,(H,28,31). The average molecular weight is 528 g/mol. The predicted octanol–water partition coefficient (Wildman–Crippen LogP) is 5.62. The normalized spacial score (nSPS) is 17.9. The molecule has 1 unspecified atom stereocenters. The lowest BCUT2D eigenvalue weighted by molar-refractivity contribution is 0.0721. The number of benzene rings is 2. The molecule has 33 heavy (non-hydrogen) atoms. The van der Waals surface area contributed by atoms with Crippen LogP contribution in [-0.2, 0) is 0 Å². The molecule has 1 saturated heterocycles. The summed E-state index contributed by atoms with van der Waals surface area (Å²) in [6.07, 6.45) is 3.90. The van der Waals surface area contributed by atoms with Crippen molar-refractivity contribution in [2.75, 3.05) is 13.1 Å². The molecule has 1 saturated carbocycles. The molecule has 2 aliphatic rings. The molecule has 170 valence electrons. The predicted molar refractivity (Wildman–Crippen MR) is 130 cm³/mol. The van der Waals surface area contributed by atoms with Crippen LogP contribution < -0.4 is 5.32 Å². The second-order valence-corrected chi connectivity index (χ2v) is 10.5. The fraction of sp³-hybridized carbons (Fsp3) is 0.320. The third-order valence-corrected chi connectivity index (χ3v) is 7.86. The van der Waals surface area contributed by atoms with E-state index in [1.165, 1.54) is 23.5 Å². The molecule has 1 aliphatic carbocycles. The molecule has 2 aromatic carbocycles. The highest BCUT2D eigenvalue weighted by Crippen LogP contribution is 2.45. The molecule has 2 amide bonds. The minimum atomic E-state index is -0.306. The highest BCUT2D eigenvalue weighted by atomic mass is 79.9. The first kappa shape index (κ1) is 22.2. The van der Waals surface area contributed by atoms with Crippen LogP contribution in [-0.4, -0.2) is 40.8 Å². The lowest BCUT2D eigenvalue weighted by Crippen LogP contribution is -2.43. The van der Waals surface area contributed by atoms with Crippen LogP contribution in [0.4, 0.5) is 4.39 Å². The van der Waals surface area contributed by atoms with Crippen molar-refractivity contribution in [3.63, 3.8) is 0 Å². The highest BCUT2D eigenvalue weighted by Gasteiger charge is 2.35. The zero-order chi connectivity index (χ0) is 22.9. The Labute approximate surface area is 204 Å². The van der Waals surface area contributed by atoms with Gasteiger partial charge >= 0.3 is 0 Å². The molecule has 8 heteroatoms. The maximum Gasteiger partial charge on any atom is 0.274 e. The molecular weight excluding hydrogens is 505 g/mol. The topological polar surface area (TPSA) is 62.3 Å². The summed E-state index contributed by atoms with van der Waals surface area (Å²) in [5, 5.41) is 3.96. The maximum absolute atomic E-state index is 13.6.